The monoisotopic (exact) mass is 365 g/mol. The molecule has 1 aromatic carbocycles. The summed E-state index contributed by atoms with van der Waals surface area (Å²) in [6.45, 7) is 0. The van der Waals surface area contributed by atoms with Crippen molar-refractivity contribution in [1.82, 2.24) is 5.32 Å². The first-order valence-corrected chi connectivity index (χ1v) is 8.98. The predicted molar refractivity (Wildman–Crippen MR) is 90.1 cm³/mol. The van der Waals surface area contributed by atoms with Crippen LogP contribution in [0.25, 0.3) is 9.40 Å². The standard InChI is InChI=1S/C15H12BrNOS2/c16-9-11(10-4-2-1-3-5-10)17-15(18)14-8-13-12(20-14)6-7-19-13/h1-8,11H,9H2,(H,17,18). The van der Waals surface area contributed by atoms with Crippen LogP contribution in [0.2, 0.25) is 0 Å². The van der Waals surface area contributed by atoms with E-state index in [2.05, 4.69) is 27.3 Å². The topological polar surface area (TPSA) is 29.1 Å². The Kier molecular flexibility index (Phi) is 4.19. The Morgan fingerprint density at radius 2 is 2.00 bits per heavy atom. The number of carbonyl (C=O) groups is 1. The number of carbonyl (C=O) groups excluding carboxylic acids is 1. The maximum Gasteiger partial charge on any atom is 0.261 e. The number of rotatable bonds is 4. The van der Waals surface area contributed by atoms with Crippen molar-refractivity contribution in [1.29, 1.82) is 0 Å². The zero-order chi connectivity index (χ0) is 13.9. The van der Waals surface area contributed by atoms with E-state index in [1.165, 1.54) is 9.40 Å². The average Bonchev–Trinajstić information content (AvgIpc) is 3.06. The molecular weight excluding hydrogens is 354 g/mol. The normalized spacial score (nSPS) is 12.4. The first kappa shape index (κ1) is 13.8. The van der Waals surface area contributed by atoms with Gasteiger partial charge in [0.15, 0.2) is 0 Å². The Labute approximate surface area is 133 Å². The van der Waals surface area contributed by atoms with Crippen molar-refractivity contribution in [2.45, 2.75) is 6.04 Å². The van der Waals surface area contributed by atoms with Crippen molar-refractivity contribution in [2.24, 2.45) is 0 Å². The van der Waals surface area contributed by atoms with E-state index in [9.17, 15) is 4.79 Å². The van der Waals surface area contributed by atoms with Crippen LogP contribution in [-0.4, -0.2) is 11.2 Å². The van der Waals surface area contributed by atoms with Gasteiger partial charge in [0.1, 0.15) is 0 Å². The molecule has 5 heteroatoms. The van der Waals surface area contributed by atoms with Crippen LogP contribution in [0.15, 0.2) is 47.8 Å². The minimum atomic E-state index is -0.0103. The molecule has 1 N–H and O–H groups in total. The molecule has 0 saturated carbocycles. The first-order valence-electron chi connectivity index (χ1n) is 6.17. The van der Waals surface area contributed by atoms with Crippen LogP contribution in [0.4, 0.5) is 0 Å². The molecule has 102 valence electrons. The first-order chi connectivity index (χ1) is 9.78. The fourth-order valence-corrected chi connectivity index (χ4v) is 4.55. The molecule has 0 aliphatic carbocycles. The Bertz CT molecular complexity index is 691. The second-order valence-corrected chi connectivity index (χ2v) is 7.03. The lowest BCUT2D eigenvalue weighted by atomic mass is 10.1. The quantitative estimate of drug-likeness (QED) is 0.659. The van der Waals surface area contributed by atoms with Gasteiger partial charge in [-0.1, -0.05) is 46.3 Å². The number of hydrogen-bond donors (Lipinski definition) is 1. The minimum Gasteiger partial charge on any atom is -0.344 e. The van der Waals surface area contributed by atoms with Crippen molar-refractivity contribution < 1.29 is 4.79 Å². The summed E-state index contributed by atoms with van der Waals surface area (Å²) in [5.74, 6) is -0.00768. The molecule has 2 nitrogen and oxygen atoms in total. The molecule has 1 unspecified atom stereocenters. The molecule has 0 radical (unpaired) electrons. The van der Waals surface area contributed by atoms with Crippen LogP contribution in [-0.2, 0) is 0 Å². The second-order valence-electron chi connectivity index (χ2n) is 4.35. The largest absolute Gasteiger partial charge is 0.344 e. The fraction of sp³-hybridized carbons (Fsp3) is 0.133. The van der Waals surface area contributed by atoms with E-state index < -0.39 is 0 Å². The van der Waals surface area contributed by atoms with Crippen LogP contribution in [0.3, 0.4) is 0 Å². The summed E-state index contributed by atoms with van der Waals surface area (Å²) in [5.41, 5.74) is 1.11. The molecule has 0 fully saturated rings. The SMILES string of the molecule is O=C(NC(CBr)c1ccccc1)c1cc2sccc2s1. The number of fused-ring (bicyclic) bond motifs is 1. The second kappa shape index (κ2) is 6.08. The van der Waals surface area contributed by atoms with Gasteiger partial charge in [-0.3, -0.25) is 4.79 Å². The summed E-state index contributed by atoms with van der Waals surface area (Å²) >= 11 is 6.68. The molecule has 2 heterocycles. The number of hydrogen-bond acceptors (Lipinski definition) is 3. The van der Waals surface area contributed by atoms with Crippen molar-refractivity contribution >= 4 is 53.9 Å². The van der Waals surface area contributed by atoms with E-state index in [1.807, 2.05) is 41.8 Å². The van der Waals surface area contributed by atoms with Crippen LogP contribution < -0.4 is 5.32 Å². The van der Waals surface area contributed by atoms with Crippen molar-refractivity contribution in [2.75, 3.05) is 5.33 Å². The highest BCUT2D eigenvalue weighted by Crippen LogP contribution is 2.30. The summed E-state index contributed by atoms with van der Waals surface area (Å²) in [7, 11) is 0. The molecule has 2 aromatic heterocycles. The molecule has 0 saturated heterocycles. The third kappa shape index (κ3) is 2.80. The van der Waals surface area contributed by atoms with Gasteiger partial charge in [-0.15, -0.1) is 22.7 Å². The summed E-state index contributed by atoms with van der Waals surface area (Å²) in [6.07, 6.45) is 0. The van der Waals surface area contributed by atoms with Crippen molar-refractivity contribution in [3.63, 3.8) is 0 Å². The average molecular weight is 366 g/mol. The summed E-state index contributed by atoms with van der Waals surface area (Å²) in [4.78, 5) is 13.1. The number of halogens is 1. The van der Waals surface area contributed by atoms with E-state index in [0.717, 1.165) is 10.4 Å². The fourth-order valence-electron chi connectivity index (χ4n) is 2.00. The Hall–Kier alpha value is -1.17. The van der Waals surface area contributed by atoms with Gasteiger partial charge in [-0.05, 0) is 23.1 Å². The van der Waals surface area contributed by atoms with E-state index in [-0.39, 0.29) is 11.9 Å². The van der Waals surface area contributed by atoms with Gasteiger partial charge in [0.25, 0.3) is 5.91 Å². The Morgan fingerprint density at radius 1 is 1.20 bits per heavy atom. The molecule has 1 atom stereocenters. The highest BCUT2D eigenvalue weighted by atomic mass is 79.9. The molecule has 0 aliphatic heterocycles. The molecule has 20 heavy (non-hydrogen) atoms. The maximum atomic E-state index is 12.3. The maximum absolute atomic E-state index is 12.3. The van der Waals surface area contributed by atoms with Gasteiger partial charge >= 0.3 is 0 Å². The third-order valence-corrected chi connectivity index (χ3v) is 5.76. The minimum absolute atomic E-state index is 0.00768. The lowest BCUT2D eigenvalue weighted by Crippen LogP contribution is -2.28. The van der Waals surface area contributed by atoms with Gasteiger partial charge in [0.05, 0.1) is 10.9 Å². The van der Waals surface area contributed by atoms with Crippen molar-refractivity contribution in [3.8, 4) is 0 Å². The van der Waals surface area contributed by atoms with Crippen LogP contribution in [0.1, 0.15) is 21.3 Å². The lowest BCUT2D eigenvalue weighted by molar-refractivity contribution is 0.0945. The van der Waals surface area contributed by atoms with Gasteiger partial charge in [-0.2, -0.15) is 0 Å². The number of nitrogens with one attached hydrogen (secondary N) is 1. The molecule has 0 spiro atoms. The highest BCUT2D eigenvalue weighted by molar-refractivity contribution is 9.09. The van der Waals surface area contributed by atoms with Gasteiger partial charge in [0.2, 0.25) is 0 Å². The molecule has 1 amide bonds. The highest BCUT2D eigenvalue weighted by Gasteiger charge is 2.16. The van der Waals surface area contributed by atoms with E-state index in [4.69, 9.17) is 0 Å². The van der Waals surface area contributed by atoms with Crippen LogP contribution in [0, 0.1) is 0 Å². The van der Waals surface area contributed by atoms with Crippen molar-refractivity contribution in [3.05, 3.63) is 58.3 Å². The van der Waals surface area contributed by atoms with Crippen LogP contribution >= 0.6 is 38.6 Å². The lowest BCUT2D eigenvalue weighted by Gasteiger charge is -2.16. The number of amides is 1. The number of thiophene rings is 2. The van der Waals surface area contributed by atoms with E-state index in [0.29, 0.717) is 5.33 Å². The smallest absolute Gasteiger partial charge is 0.261 e. The molecular formula is C15H12BrNOS2. The Morgan fingerprint density at radius 3 is 2.70 bits per heavy atom. The number of alkyl halides is 1. The van der Waals surface area contributed by atoms with Gasteiger partial charge in [0, 0.05) is 14.7 Å². The summed E-state index contributed by atoms with van der Waals surface area (Å²) in [5, 5.41) is 5.83. The molecule has 0 aliphatic rings. The molecule has 3 aromatic rings. The van der Waals surface area contributed by atoms with Gasteiger partial charge < -0.3 is 5.32 Å². The van der Waals surface area contributed by atoms with Crippen LogP contribution in [0.5, 0.6) is 0 Å². The molecule has 0 bridgehead atoms. The van der Waals surface area contributed by atoms with E-state index >= 15 is 0 Å². The summed E-state index contributed by atoms with van der Waals surface area (Å²) in [6, 6.07) is 14.0. The third-order valence-electron chi connectivity index (χ3n) is 3.02. The number of benzene rings is 1. The predicted octanol–water partition coefficient (Wildman–Crippen LogP) is 4.83. The summed E-state index contributed by atoms with van der Waals surface area (Å²) < 4.78 is 2.35. The van der Waals surface area contributed by atoms with Gasteiger partial charge in [-0.25, -0.2) is 0 Å². The Balaban J connectivity index is 1.79. The molecule has 3 rings (SSSR count). The van der Waals surface area contributed by atoms with E-state index in [1.54, 1.807) is 22.7 Å². The zero-order valence-electron chi connectivity index (χ0n) is 10.5. The zero-order valence-corrected chi connectivity index (χ0v) is 13.7.